The van der Waals surface area contributed by atoms with Crippen molar-refractivity contribution in [1.82, 2.24) is 9.80 Å². The molecule has 158 valence electrons. The zero-order valence-electron chi connectivity index (χ0n) is 18.1. The lowest BCUT2D eigenvalue weighted by molar-refractivity contribution is -0.140. The first-order valence-electron chi connectivity index (χ1n) is 9.89. The van der Waals surface area contributed by atoms with Gasteiger partial charge >= 0.3 is 0 Å². The number of likely N-dealkylation sites (tertiary alicyclic amines) is 1. The van der Waals surface area contributed by atoms with Gasteiger partial charge in [0, 0.05) is 18.7 Å². The van der Waals surface area contributed by atoms with E-state index in [1.807, 2.05) is 63.2 Å². The maximum Gasteiger partial charge on any atom is 0.295 e. The van der Waals surface area contributed by atoms with E-state index >= 15 is 0 Å². The van der Waals surface area contributed by atoms with Crippen molar-refractivity contribution in [2.45, 2.75) is 19.9 Å². The third-order valence-corrected chi connectivity index (χ3v) is 5.39. The number of rotatable bonds is 6. The Hall–Kier alpha value is -3.12. The second kappa shape index (κ2) is 8.71. The van der Waals surface area contributed by atoms with E-state index in [4.69, 9.17) is 4.74 Å². The number of methoxy groups -OCH3 is 1. The number of amides is 1. The van der Waals surface area contributed by atoms with Crippen molar-refractivity contribution >= 4 is 17.4 Å². The average Bonchev–Trinajstić information content (AvgIpc) is 2.98. The number of nitrogens with zero attached hydrogens (tertiary/aromatic N) is 2. The second-order valence-corrected chi connectivity index (χ2v) is 7.89. The van der Waals surface area contributed by atoms with E-state index in [0.29, 0.717) is 24.4 Å². The molecule has 1 amide bonds. The predicted octanol–water partition coefficient (Wildman–Crippen LogP) is 3.30. The molecular formula is C24H28N2O4. The SMILES string of the molecule is COc1cccc(C2/C(=C(\O)c3cc(C)ccc3C)C(=O)C(=O)N2CCN(C)C)c1. The minimum absolute atomic E-state index is 0.112. The molecule has 1 aliphatic heterocycles. The van der Waals surface area contributed by atoms with E-state index in [1.54, 1.807) is 19.2 Å². The Labute approximate surface area is 177 Å². The molecule has 1 heterocycles. The van der Waals surface area contributed by atoms with E-state index in [0.717, 1.165) is 16.7 Å². The van der Waals surface area contributed by atoms with Gasteiger partial charge in [0.25, 0.3) is 11.7 Å². The highest BCUT2D eigenvalue weighted by Crippen LogP contribution is 2.40. The molecule has 0 bridgehead atoms. The Bertz CT molecular complexity index is 1010. The number of Topliss-reactive ketones (excluding diaryl/α,β-unsaturated/α-hetero) is 1. The summed E-state index contributed by atoms with van der Waals surface area (Å²) in [5.41, 5.74) is 3.19. The van der Waals surface area contributed by atoms with Crippen LogP contribution in [0.5, 0.6) is 5.75 Å². The molecule has 2 aromatic rings. The molecule has 1 aliphatic rings. The van der Waals surface area contributed by atoms with Crippen molar-refractivity contribution < 1.29 is 19.4 Å². The summed E-state index contributed by atoms with van der Waals surface area (Å²) >= 11 is 0. The lowest BCUT2D eigenvalue weighted by Crippen LogP contribution is -2.35. The highest BCUT2D eigenvalue weighted by Gasteiger charge is 2.46. The number of carbonyl (C=O) groups excluding carboxylic acids is 2. The van der Waals surface area contributed by atoms with Gasteiger partial charge in [-0.25, -0.2) is 0 Å². The van der Waals surface area contributed by atoms with Crippen LogP contribution in [0.3, 0.4) is 0 Å². The number of hydrogen-bond acceptors (Lipinski definition) is 5. The summed E-state index contributed by atoms with van der Waals surface area (Å²) in [6, 6.07) is 12.3. The summed E-state index contributed by atoms with van der Waals surface area (Å²) < 4.78 is 5.34. The molecule has 1 atom stereocenters. The maximum absolute atomic E-state index is 13.1. The largest absolute Gasteiger partial charge is 0.507 e. The van der Waals surface area contributed by atoms with Crippen molar-refractivity contribution in [1.29, 1.82) is 0 Å². The summed E-state index contributed by atoms with van der Waals surface area (Å²) in [6.45, 7) is 4.75. The van der Waals surface area contributed by atoms with Crippen LogP contribution in [0, 0.1) is 13.8 Å². The first kappa shape index (κ1) is 21.6. The van der Waals surface area contributed by atoms with Gasteiger partial charge in [-0.1, -0.05) is 29.8 Å². The number of ether oxygens (including phenoxy) is 1. The number of likely N-dealkylation sites (N-methyl/N-ethyl adjacent to an activating group) is 1. The minimum atomic E-state index is -0.681. The smallest absolute Gasteiger partial charge is 0.295 e. The third-order valence-electron chi connectivity index (χ3n) is 5.39. The number of hydrogen-bond donors (Lipinski definition) is 1. The normalized spacial score (nSPS) is 18.3. The average molecular weight is 408 g/mol. The second-order valence-electron chi connectivity index (χ2n) is 7.89. The van der Waals surface area contributed by atoms with Crippen LogP contribution in [0.1, 0.15) is 28.3 Å². The molecule has 6 heteroatoms. The number of aliphatic hydroxyl groups is 1. The standard InChI is InChI=1S/C24H28N2O4/c1-15-9-10-16(2)19(13-15)22(27)20-21(17-7-6-8-18(14-17)30-5)26(12-11-25(3)4)24(29)23(20)28/h6-10,13-14,21,27H,11-12H2,1-5H3/b22-20+. The maximum atomic E-state index is 13.1. The van der Waals surface area contributed by atoms with Crippen molar-refractivity contribution in [3.63, 3.8) is 0 Å². The van der Waals surface area contributed by atoms with Crippen molar-refractivity contribution in [2.75, 3.05) is 34.3 Å². The number of benzene rings is 2. The molecule has 1 fully saturated rings. The number of aliphatic hydroxyl groups excluding tert-OH is 1. The van der Waals surface area contributed by atoms with E-state index in [-0.39, 0.29) is 11.3 Å². The van der Waals surface area contributed by atoms with Crippen LogP contribution < -0.4 is 4.74 Å². The van der Waals surface area contributed by atoms with Gasteiger partial charge in [0.05, 0.1) is 18.7 Å². The van der Waals surface area contributed by atoms with Gasteiger partial charge in [-0.2, -0.15) is 0 Å². The Kier molecular flexibility index (Phi) is 6.27. The van der Waals surface area contributed by atoms with Crippen molar-refractivity contribution in [3.05, 3.63) is 70.3 Å². The minimum Gasteiger partial charge on any atom is -0.507 e. The highest BCUT2D eigenvalue weighted by atomic mass is 16.5. The third kappa shape index (κ3) is 4.09. The molecule has 0 aromatic heterocycles. The molecular weight excluding hydrogens is 380 g/mol. The Morgan fingerprint density at radius 1 is 1.13 bits per heavy atom. The predicted molar refractivity (Wildman–Crippen MR) is 116 cm³/mol. The first-order chi connectivity index (χ1) is 14.2. The molecule has 3 rings (SSSR count). The summed E-state index contributed by atoms with van der Waals surface area (Å²) in [4.78, 5) is 29.5. The van der Waals surface area contributed by atoms with Crippen LogP contribution in [0.4, 0.5) is 0 Å². The van der Waals surface area contributed by atoms with Crippen LogP contribution in [0.2, 0.25) is 0 Å². The van der Waals surface area contributed by atoms with Crippen molar-refractivity contribution in [3.8, 4) is 5.75 Å². The molecule has 6 nitrogen and oxygen atoms in total. The van der Waals surface area contributed by atoms with Crippen LogP contribution in [-0.2, 0) is 9.59 Å². The fourth-order valence-corrected chi connectivity index (χ4v) is 3.71. The van der Waals surface area contributed by atoms with Gasteiger partial charge in [0.1, 0.15) is 11.5 Å². The van der Waals surface area contributed by atoms with Gasteiger partial charge in [0.15, 0.2) is 0 Å². The zero-order chi connectivity index (χ0) is 22.0. The molecule has 0 saturated carbocycles. The van der Waals surface area contributed by atoms with E-state index in [1.165, 1.54) is 4.90 Å². The summed E-state index contributed by atoms with van der Waals surface area (Å²) in [5, 5.41) is 11.2. The topological polar surface area (TPSA) is 70.1 Å². The van der Waals surface area contributed by atoms with Gasteiger partial charge < -0.3 is 19.6 Å². The van der Waals surface area contributed by atoms with Crippen LogP contribution in [0.15, 0.2) is 48.0 Å². The zero-order valence-corrected chi connectivity index (χ0v) is 18.1. The first-order valence-corrected chi connectivity index (χ1v) is 9.89. The molecule has 0 aliphatic carbocycles. The van der Waals surface area contributed by atoms with E-state index < -0.39 is 17.7 Å². The highest BCUT2D eigenvalue weighted by molar-refractivity contribution is 6.46. The molecule has 30 heavy (non-hydrogen) atoms. The van der Waals surface area contributed by atoms with Crippen LogP contribution in [-0.4, -0.2) is 60.9 Å². The summed E-state index contributed by atoms with van der Waals surface area (Å²) in [6.07, 6.45) is 0. The van der Waals surface area contributed by atoms with E-state index in [9.17, 15) is 14.7 Å². The molecule has 0 radical (unpaired) electrons. The number of ketones is 1. The summed E-state index contributed by atoms with van der Waals surface area (Å²) in [5.74, 6) is -0.788. The van der Waals surface area contributed by atoms with Gasteiger partial charge in [0.2, 0.25) is 0 Å². The van der Waals surface area contributed by atoms with Crippen LogP contribution >= 0.6 is 0 Å². The van der Waals surface area contributed by atoms with Gasteiger partial charge in [-0.05, 0) is 57.3 Å². The van der Waals surface area contributed by atoms with Gasteiger partial charge in [-0.15, -0.1) is 0 Å². The Morgan fingerprint density at radius 2 is 1.87 bits per heavy atom. The molecule has 1 N–H and O–H groups in total. The van der Waals surface area contributed by atoms with E-state index in [2.05, 4.69) is 0 Å². The fraction of sp³-hybridized carbons (Fsp3) is 0.333. The molecule has 2 aromatic carbocycles. The fourth-order valence-electron chi connectivity index (χ4n) is 3.71. The molecule has 1 saturated heterocycles. The lowest BCUT2D eigenvalue weighted by Gasteiger charge is -2.27. The molecule has 1 unspecified atom stereocenters. The monoisotopic (exact) mass is 408 g/mol. The van der Waals surface area contributed by atoms with Crippen LogP contribution in [0.25, 0.3) is 5.76 Å². The summed E-state index contributed by atoms with van der Waals surface area (Å²) in [7, 11) is 5.39. The number of aryl methyl sites for hydroxylation is 2. The quantitative estimate of drug-likeness (QED) is 0.451. The lowest BCUT2D eigenvalue weighted by atomic mass is 9.93. The van der Waals surface area contributed by atoms with Gasteiger partial charge in [-0.3, -0.25) is 9.59 Å². The number of carbonyl (C=O) groups is 2. The van der Waals surface area contributed by atoms with Crippen molar-refractivity contribution in [2.24, 2.45) is 0 Å². The molecule has 0 spiro atoms. The Balaban J connectivity index is 2.21. The Morgan fingerprint density at radius 3 is 2.53 bits per heavy atom.